The van der Waals surface area contributed by atoms with E-state index in [9.17, 15) is 22.0 Å². The molecule has 18 heavy (non-hydrogen) atoms. The van der Waals surface area contributed by atoms with Crippen LogP contribution in [-0.4, -0.2) is 36.0 Å². The second kappa shape index (κ2) is 4.30. The van der Waals surface area contributed by atoms with E-state index in [0.29, 0.717) is 0 Å². The molecule has 2 rings (SSSR count). The zero-order chi connectivity index (χ0) is 13.5. The Hall–Kier alpha value is -1.51. The zero-order valence-corrected chi connectivity index (χ0v) is 9.78. The van der Waals surface area contributed by atoms with Crippen LogP contribution >= 0.6 is 0 Å². The van der Waals surface area contributed by atoms with Crippen molar-refractivity contribution in [1.82, 2.24) is 4.98 Å². The lowest BCUT2D eigenvalue weighted by molar-refractivity contribution is 0.0643. The minimum atomic E-state index is -3.22. The molecule has 0 saturated carbocycles. The Labute approximate surface area is 101 Å². The summed E-state index contributed by atoms with van der Waals surface area (Å²) in [6.45, 7) is 0. The molecule has 1 fully saturated rings. The van der Waals surface area contributed by atoms with Gasteiger partial charge >= 0.3 is 5.97 Å². The average Bonchev–Trinajstić information content (AvgIpc) is 2.80. The molecule has 0 aliphatic carbocycles. The van der Waals surface area contributed by atoms with Gasteiger partial charge in [0.15, 0.2) is 21.4 Å². The van der Waals surface area contributed by atoms with Crippen molar-refractivity contribution in [1.29, 1.82) is 0 Å². The number of hydrogen-bond donors (Lipinski definition) is 1. The van der Waals surface area contributed by atoms with Gasteiger partial charge in [0.2, 0.25) is 5.76 Å². The van der Waals surface area contributed by atoms with Crippen LogP contribution in [0.4, 0.5) is 8.78 Å². The van der Waals surface area contributed by atoms with Gasteiger partial charge in [-0.2, -0.15) is 0 Å². The summed E-state index contributed by atoms with van der Waals surface area (Å²) in [7, 11) is -3.22. The van der Waals surface area contributed by atoms with E-state index >= 15 is 0 Å². The minimum Gasteiger partial charge on any atom is -0.475 e. The molecule has 1 saturated heterocycles. The first-order valence-corrected chi connectivity index (χ1v) is 6.85. The Morgan fingerprint density at radius 1 is 1.50 bits per heavy atom. The van der Waals surface area contributed by atoms with Crippen molar-refractivity contribution in [3.05, 3.63) is 17.3 Å². The number of carboxylic acid groups (broad SMARTS) is 1. The molecular weight excluding hydrogens is 272 g/mol. The number of halogens is 2. The van der Waals surface area contributed by atoms with Crippen LogP contribution in [0.3, 0.4) is 0 Å². The highest BCUT2D eigenvalue weighted by Gasteiger charge is 2.35. The van der Waals surface area contributed by atoms with Gasteiger partial charge in [-0.15, -0.1) is 0 Å². The van der Waals surface area contributed by atoms with Gasteiger partial charge in [0, 0.05) is 0 Å². The lowest BCUT2D eigenvalue weighted by Gasteiger charge is -1.99. The third-order valence-corrected chi connectivity index (χ3v) is 4.42. The van der Waals surface area contributed by atoms with Crippen molar-refractivity contribution in [2.45, 2.75) is 18.8 Å². The first kappa shape index (κ1) is 12.9. The Balaban J connectivity index is 2.36. The van der Waals surface area contributed by atoms with Crippen LogP contribution in [0.2, 0.25) is 0 Å². The Bertz CT molecular complexity index is 580. The fraction of sp³-hybridized carbons (Fsp3) is 0.556. The van der Waals surface area contributed by atoms with Crippen molar-refractivity contribution in [3.63, 3.8) is 0 Å². The molecule has 1 aromatic rings. The quantitative estimate of drug-likeness (QED) is 0.894. The molecule has 2 heterocycles. The Morgan fingerprint density at radius 2 is 2.17 bits per heavy atom. The third-order valence-electron chi connectivity index (χ3n) is 2.65. The fourth-order valence-corrected chi connectivity index (χ4v) is 3.55. The van der Waals surface area contributed by atoms with Gasteiger partial charge < -0.3 is 9.52 Å². The van der Waals surface area contributed by atoms with E-state index < -0.39 is 39.6 Å². The summed E-state index contributed by atoms with van der Waals surface area (Å²) in [4.78, 5) is 14.1. The van der Waals surface area contributed by atoms with Crippen molar-refractivity contribution in [2.24, 2.45) is 0 Å². The van der Waals surface area contributed by atoms with Crippen molar-refractivity contribution in [2.75, 3.05) is 11.5 Å². The van der Waals surface area contributed by atoms with Crippen molar-refractivity contribution in [3.8, 4) is 0 Å². The van der Waals surface area contributed by atoms with Gasteiger partial charge in [0.25, 0.3) is 6.43 Å². The minimum absolute atomic E-state index is 0.0769. The molecule has 100 valence electrons. The Kier molecular flexibility index (Phi) is 3.09. The second-order valence-corrected chi connectivity index (χ2v) is 6.20. The van der Waals surface area contributed by atoms with Crippen molar-refractivity contribution >= 4 is 15.8 Å². The van der Waals surface area contributed by atoms with Gasteiger partial charge in [0.05, 0.1) is 17.4 Å². The van der Waals surface area contributed by atoms with E-state index in [4.69, 9.17) is 9.52 Å². The molecule has 1 aliphatic heterocycles. The number of rotatable bonds is 3. The van der Waals surface area contributed by atoms with E-state index in [1.165, 1.54) is 0 Å². The maximum atomic E-state index is 12.5. The van der Waals surface area contributed by atoms with Crippen LogP contribution in [0.15, 0.2) is 4.42 Å². The highest BCUT2D eigenvalue weighted by atomic mass is 32.2. The first-order valence-electron chi connectivity index (χ1n) is 5.02. The molecule has 1 unspecified atom stereocenters. The summed E-state index contributed by atoms with van der Waals surface area (Å²) in [5.41, 5.74) is -0.957. The molecule has 1 atom stereocenters. The summed E-state index contributed by atoms with van der Waals surface area (Å²) in [6, 6.07) is 0. The van der Waals surface area contributed by atoms with Crippen LogP contribution < -0.4 is 0 Å². The Morgan fingerprint density at radius 3 is 2.56 bits per heavy atom. The molecule has 0 spiro atoms. The van der Waals surface area contributed by atoms with Gasteiger partial charge in [-0.05, 0) is 6.42 Å². The molecular formula is C9H9F2NO5S. The maximum Gasteiger partial charge on any atom is 0.374 e. The number of alkyl halides is 2. The fourth-order valence-electron chi connectivity index (χ4n) is 1.81. The highest BCUT2D eigenvalue weighted by Crippen LogP contribution is 2.32. The lowest BCUT2D eigenvalue weighted by Crippen LogP contribution is -2.04. The predicted octanol–water partition coefficient (Wildman–Crippen LogP) is 1.21. The molecule has 1 aromatic heterocycles. The summed E-state index contributed by atoms with van der Waals surface area (Å²) in [5, 5.41) is 8.69. The van der Waals surface area contributed by atoms with E-state index in [2.05, 4.69) is 4.98 Å². The van der Waals surface area contributed by atoms with Crippen LogP contribution in [0, 0.1) is 0 Å². The standard InChI is InChI=1S/C9H9F2NO5S/c10-7(11)5-6(9(13)14)17-8(12-5)4-1-2-18(15,16)3-4/h4,7H,1-3H2,(H,13,14). The van der Waals surface area contributed by atoms with E-state index in [1.54, 1.807) is 0 Å². The molecule has 0 amide bonds. The number of hydrogen-bond acceptors (Lipinski definition) is 5. The second-order valence-electron chi connectivity index (χ2n) is 3.97. The normalized spacial score (nSPS) is 22.5. The van der Waals surface area contributed by atoms with Gasteiger partial charge in [-0.25, -0.2) is 27.0 Å². The summed E-state index contributed by atoms with van der Waals surface area (Å²) in [6.07, 6.45) is -2.88. The largest absolute Gasteiger partial charge is 0.475 e. The summed E-state index contributed by atoms with van der Waals surface area (Å²) < 4.78 is 52.3. The van der Waals surface area contributed by atoms with Crippen molar-refractivity contribution < 1.29 is 31.5 Å². The smallest absolute Gasteiger partial charge is 0.374 e. The number of oxazole rings is 1. The van der Waals surface area contributed by atoms with E-state index in [-0.39, 0.29) is 23.8 Å². The first-order chi connectivity index (χ1) is 8.30. The maximum absolute atomic E-state index is 12.5. The number of aromatic nitrogens is 1. The van der Waals surface area contributed by atoms with Gasteiger partial charge in [-0.1, -0.05) is 0 Å². The van der Waals surface area contributed by atoms with Crippen LogP contribution in [0.5, 0.6) is 0 Å². The van der Waals surface area contributed by atoms with Crippen LogP contribution in [0.1, 0.15) is 40.9 Å². The summed E-state index contributed by atoms with van der Waals surface area (Å²) >= 11 is 0. The third kappa shape index (κ3) is 2.35. The highest BCUT2D eigenvalue weighted by molar-refractivity contribution is 7.91. The number of sulfone groups is 1. The molecule has 0 aromatic carbocycles. The van der Waals surface area contributed by atoms with Gasteiger partial charge in [0.1, 0.15) is 0 Å². The number of aromatic carboxylic acids is 1. The van der Waals surface area contributed by atoms with Gasteiger partial charge in [-0.3, -0.25) is 0 Å². The molecule has 1 N–H and O–H groups in total. The molecule has 1 aliphatic rings. The number of nitrogens with zero attached hydrogens (tertiary/aromatic N) is 1. The molecule has 0 radical (unpaired) electrons. The lowest BCUT2D eigenvalue weighted by atomic mass is 10.1. The van der Waals surface area contributed by atoms with Crippen LogP contribution in [-0.2, 0) is 9.84 Å². The number of carbonyl (C=O) groups is 1. The van der Waals surface area contributed by atoms with E-state index in [1.807, 2.05) is 0 Å². The molecule has 0 bridgehead atoms. The summed E-state index contributed by atoms with van der Waals surface area (Å²) in [5.74, 6) is -3.81. The monoisotopic (exact) mass is 281 g/mol. The SMILES string of the molecule is O=C(O)c1oc(C2CCS(=O)(=O)C2)nc1C(F)F. The van der Waals surface area contributed by atoms with Crippen LogP contribution in [0.25, 0.3) is 0 Å². The zero-order valence-electron chi connectivity index (χ0n) is 8.97. The topological polar surface area (TPSA) is 97.5 Å². The molecule has 9 heteroatoms. The van der Waals surface area contributed by atoms with E-state index in [0.717, 1.165) is 0 Å². The predicted molar refractivity (Wildman–Crippen MR) is 54.4 cm³/mol. The number of carboxylic acids is 1. The molecule has 6 nitrogen and oxygen atoms in total. The average molecular weight is 281 g/mol.